The highest BCUT2D eigenvalue weighted by molar-refractivity contribution is 5.81. The zero-order valence-corrected chi connectivity index (χ0v) is 18.3. The lowest BCUT2D eigenvalue weighted by molar-refractivity contribution is -0.140. The minimum atomic E-state index is -0.494. The second-order valence-electron chi connectivity index (χ2n) is 8.11. The van der Waals surface area contributed by atoms with E-state index in [0.717, 1.165) is 24.4 Å². The largest absolute Gasteiger partial charge is 0.481 e. The molecule has 3 aromatic carbocycles. The van der Waals surface area contributed by atoms with Crippen molar-refractivity contribution in [1.29, 1.82) is 0 Å². The highest BCUT2D eigenvalue weighted by Crippen LogP contribution is 2.29. The third-order valence-corrected chi connectivity index (χ3v) is 5.97. The lowest BCUT2D eigenvalue weighted by Gasteiger charge is -2.40. The average molecular weight is 415 g/mol. The van der Waals surface area contributed by atoms with E-state index < -0.39 is 6.10 Å². The molecule has 3 aromatic rings. The highest BCUT2D eigenvalue weighted by Gasteiger charge is 2.30. The van der Waals surface area contributed by atoms with E-state index in [2.05, 4.69) is 65.6 Å². The lowest BCUT2D eigenvalue weighted by atomic mass is 9.96. The lowest BCUT2D eigenvalue weighted by Crippen LogP contribution is -2.52. The first kappa shape index (κ1) is 21.1. The van der Waals surface area contributed by atoms with Crippen LogP contribution in [0.25, 0.3) is 0 Å². The molecule has 1 amide bonds. The number of rotatable bonds is 6. The summed E-state index contributed by atoms with van der Waals surface area (Å²) in [5.41, 5.74) is 3.61. The number of amides is 1. The summed E-state index contributed by atoms with van der Waals surface area (Å²) in [5, 5.41) is 0. The zero-order valence-electron chi connectivity index (χ0n) is 18.3. The molecule has 160 valence electrons. The van der Waals surface area contributed by atoms with Gasteiger partial charge in [0, 0.05) is 26.2 Å². The Kier molecular flexibility index (Phi) is 6.68. The van der Waals surface area contributed by atoms with Crippen LogP contribution in [0.2, 0.25) is 0 Å². The molecule has 1 aliphatic heterocycles. The van der Waals surface area contributed by atoms with Gasteiger partial charge >= 0.3 is 0 Å². The van der Waals surface area contributed by atoms with Gasteiger partial charge in [-0.1, -0.05) is 78.9 Å². The number of ether oxygens (including phenoxy) is 1. The Morgan fingerprint density at radius 1 is 0.774 bits per heavy atom. The maximum absolute atomic E-state index is 13.0. The summed E-state index contributed by atoms with van der Waals surface area (Å²) < 4.78 is 5.97. The normalized spacial score (nSPS) is 15.6. The van der Waals surface area contributed by atoms with Crippen LogP contribution >= 0.6 is 0 Å². The van der Waals surface area contributed by atoms with Crippen LogP contribution < -0.4 is 4.74 Å². The number of carbonyl (C=O) groups is 1. The Labute approximate surface area is 185 Å². The number of nitrogens with zero attached hydrogens (tertiary/aromatic N) is 2. The smallest absolute Gasteiger partial charge is 0.263 e. The van der Waals surface area contributed by atoms with E-state index in [1.54, 1.807) is 0 Å². The number of benzene rings is 3. The molecule has 1 saturated heterocycles. The Balaban J connectivity index is 1.43. The van der Waals surface area contributed by atoms with Gasteiger partial charge in [-0.05, 0) is 36.6 Å². The van der Waals surface area contributed by atoms with Crippen molar-refractivity contribution in [3.63, 3.8) is 0 Å². The zero-order chi connectivity index (χ0) is 21.6. The molecule has 0 radical (unpaired) electrons. The number of carbonyl (C=O) groups excluding carboxylic acids is 1. The Morgan fingerprint density at radius 2 is 1.29 bits per heavy atom. The SMILES string of the molecule is Cc1ccccc1O[C@@H](C)C(=O)N1CCN(C(c2ccccc2)c2ccccc2)CC1. The second kappa shape index (κ2) is 9.80. The van der Waals surface area contributed by atoms with Crippen molar-refractivity contribution >= 4 is 5.91 Å². The fraction of sp³-hybridized carbons (Fsp3) is 0.296. The van der Waals surface area contributed by atoms with E-state index in [-0.39, 0.29) is 11.9 Å². The van der Waals surface area contributed by atoms with Crippen molar-refractivity contribution in [3.05, 3.63) is 102 Å². The Bertz CT molecular complexity index is 943. The van der Waals surface area contributed by atoms with Crippen LogP contribution in [0.5, 0.6) is 5.75 Å². The summed E-state index contributed by atoms with van der Waals surface area (Å²) in [7, 11) is 0. The number of para-hydroxylation sites is 1. The van der Waals surface area contributed by atoms with Crippen molar-refractivity contribution < 1.29 is 9.53 Å². The van der Waals surface area contributed by atoms with E-state index >= 15 is 0 Å². The molecule has 0 aliphatic carbocycles. The van der Waals surface area contributed by atoms with E-state index in [9.17, 15) is 4.79 Å². The van der Waals surface area contributed by atoms with Crippen molar-refractivity contribution in [2.45, 2.75) is 26.0 Å². The van der Waals surface area contributed by atoms with Crippen molar-refractivity contribution in [2.24, 2.45) is 0 Å². The van der Waals surface area contributed by atoms with E-state index in [4.69, 9.17) is 4.74 Å². The summed E-state index contributed by atoms with van der Waals surface area (Å²) in [6.07, 6.45) is -0.494. The molecule has 4 nitrogen and oxygen atoms in total. The molecular weight excluding hydrogens is 384 g/mol. The predicted molar refractivity (Wildman–Crippen MR) is 124 cm³/mol. The van der Waals surface area contributed by atoms with Crippen LogP contribution in [-0.4, -0.2) is 48.0 Å². The van der Waals surface area contributed by atoms with E-state index in [0.29, 0.717) is 13.1 Å². The Hall–Kier alpha value is -3.11. The van der Waals surface area contributed by atoms with Crippen LogP contribution in [0, 0.1) is 6.92 Å². The fourth-order valence-electron chi connectivity index (χ4n) is 4.27. The van der Waals surface area contributed by atoms with Gasteiger partial charge in [0.05, 0.1) is 6.04 Å². The van der Waals surface area contributed by atoms with Gasteiger partial charge in [-0.25, -0.2) is 0 Å². The number of piperazine rings is 1. The Morgan fingerprint density at radius 3 is 1.84 bits per heavy atom. The van der Waals surface area contributed by atoms with Crippen molar-refractivity contribution in [3.8, 4) is 5.75 Å². The molecule has 0 N–H and O–H groups in total. The standard InChI is InChI=1S/C27H30N2O2/c1-21-11-9-10-16-25(21)31-22(2)27(30)29-19-17-28(18-20-29)26(23-12-5-3-6-13-23)24-14-7-4-8-15-24/h3-16,22,26H,17-20H2,1-2H3/t22-/m0/s1. The molecule has 1 atom stereocenters. The van der Waals surface area contributed by atoms with Gasteiger partial charge in [0.15, 0.2) is 6.10 Å². The van der Waals surface area contributed by atoms with Crippen LogP contribution in [0.1, 0.15) is 29.7 Å². The van der Waals surface area contributed by atoms with Crippen LogP contribution in [0.3, 0.4) is 0 Å². The summed E-state index contributed by atoms with van der Waals surface area (Å²) in [4.78, 5) is 17.4. The first-order chi connectivity index (χ1) is 15.1. The van der Waals surface area contributed by atoms with Gasteiger partial charge in [0.2, 0.25) is 0 Å². The molecule has 0 unspecified atom stereocenters. The quantitative estimate of drug-likeness (QED) is 0.586. The van der Waals surface area contributed by atoms with Crippen LogP contribution in [-0.2, 0) is 4.79 Å². The molecule has 1 fully saturated rings. The summed E-state index contributed by atoms with van der Waals surface area (Å²) in [5.74, 6) is 0.828. The van der Waals surface area contributed by atoms with Crippen molar-refractivity contribution in [1.82, 2.24) is 9.80 Å². The third kappa shape index (κ3) is 4.97. The summed E-state index contributed by atoms with van der Waals surface area (Å²) >= 11 is 0. The van der Waals surface area contributed by atoms with Crippen molar-refractivity contribution in [2.75, 3.05) is 26.2 Å². The minimum Gasteiger partial charge on any atom is -0.481 e. The predicted octanol–water partition coefficient (Wildman–Crippen LogP) is 4.70. The first-order valence-corrected chi connectivity index (χ1v) is 11.0. The molecule has 31 heavy (non-hydrogen) atoms. The van der Waals surface area contributed by atoms with Gasteiger partial charge in [0.25, 0.3) is 5.91 Å². The summed E-state index contributed by atoms with van der Waals surface area (Å²) in [6, 6.07) is 29.3. The monoisotopic (exact) mass is 414 g/mol. The molecule has 0 aromatic heterocycles. The molecule has 0 saturated carbocycles. The molecule has 0 spiro atoms. The molecule has 4 rings (SSSR count). The molecule has 0 bridgehead atoms. The fourth-order valence-corrected chi connectivity index (χ4v) is 4.27. The number of hydrogen-bond donors (Lipinski definition) is 0. The van der Waals surface area contributed by atoms with E-state index in [1.807, 2.05) is 43.0 Å². The molecular formula is C27H30N2O2. The van der Waals surface area contributed by atoms with Gasteiger partial charge < -0.3 is 9.64 Å². The van der Waals surface area contributed by atoms with Gasteiger partial charge in [-0.15, -0.1) is 0 Å². The minimum absolute atomic E-state index is 0.0545. The maximum atomic E-state index is 13.0. The summed E-state index contributed by atoms with van der Waals surface area (Å²) in [6.45, 7) is 6.91. The third-order valence-electron chi connectivity index (χ3n) is 5.97. The van der Waals surface area contributed by atoms with Gasteiger partial charge in [-0.2, -0.15) is 0 Å². The van der Waals surface area contributed by atoms with Crippen LogP contribution in [0.4, 0.5) is 0 Å². The molecule has 4 heteroatoms. The maximum Gasteiger partial charge on any atom is 0.263 e. The topological polar surface area (TPSA) is 32.8 Å². The average Bonchev–Trinajstić information content (AvgIpc) is 2.82. The van der Waals surface area contributed by atoms with Crippen LogP contribution in [0.15, 0.2) is 84.9 Å². The number of hydrogen-bond acceptors (Lipinski definition) is 3. The second-order valence-corrected chi connectivity index (χ2v) is 8.11. The van der Waals surface area contributed by atoms with Gasteiger partial charge in [0.1, 0.15) is 5.75 Å². The highest BCUT2D eigenvalue weighted by atomic mass is 16.5. The molecule has 1 heterocycles. The molecule has 1 aliphatic rings. The van der Waals surface area contributed by atoms with Gasteiger partial charge in [-0.3, -0.25) is 9.69 Å². The first-order valence-electron chi connectivity index (χ1n) is 11.0. The van der Waals surface area contributed by atoms with E-state index in [1.165, 1.54) is 11.1 Å². The number of aryl methyl sites for hydroxylation is 1.